The average molecular weight is 715 g/mol. The predicted molar refractivity (Wildman–Crippen MR) is 219 cm³/mol. The molecule has 3 fully saturated rings. The molecule has 0 amide bonds. The number of fused-ring (bicyclic) bond motifs is 1. The van der Waals surface area contributed by atoms with Gasteiger partial charge in [-0.1, -0.05) is 125 Å². The zero-order chi connectivity index (χ0) is 37.2. The number of allylic oxidation sites excluding steroid dienone is 3. The van der Waals surface area contributed by atoms with Gasteiger partial charge in [0.15, 0.2) is 16.6 Å². The standard InChI is InChI=1S/C44H82O3Si2/c1-17-20-22-36(31-44(45,18-2)19-3)32(4)37-26-27-38-35(23-21-28-43(37,38)12)25-24-34-29-39(46-48(13,14)41(6,7)8)33(5)40(30-34)47-49(15,16)42(9,10)11/h24-25,32,36-40,45H,5,17-23,26-31H2,1-4,6-16H3/b35-25+/t32-,36+,37-,38+,39-,40-,43-/m1/s1. The van der Waals surface area contributed by atoms with Gasteiger partial charge < -0.3 is 14.0 Å². The van der Waals surface area contributed by atoms with Crippen LogP contribution in [0.4, 0.5) is 0 Å². The molecule has 0 spiro atoms. The summed E-state index contributed by atoms with van der Waals surface area (Å²) >= 11 is 0. The summed E-state index contributed by atoms with van der Waals surface area (Å²) in [5.41, 5.74) is 4.16. The van der Waals surface area contributed by atoms with E-state index in [1.807, 2.05) is 0 Å². The highest BCUT2D eigenvalue weighted by atomic mass is 28.4. The maximum atomic E-state index is 11.4. The van der Waals surface area contributed by atoms with E-state index in [0.29, 0.717) is 23.2 Å². The lowest BCUT2D eigenvalue weighted by Crippen LogP contribution is -2.49. The van der Waals surface area contributed by atoms with Gasteiger partial charge in [0.2, 0.25) is 0 Å². The van der Waals surface area contributed by atoms with Crippen LogP contribution in [0.15, 0.2) is 35.5 Å². The molecule has 0 saturated heterocycles. The summed E-state index contributed by atoms with van der Waals surface area (Å²) in [6, 6.07) is 0. The minimum atomic E-state index is -1.99. The Labute approximate surface area is 307 Å². The van der Waals surface area contributed by atoms with Crippen LogP contribution in [0.2, 0.25) is 36.3 Å². The van der Waals surface area contributed by atoms with E-state index in [1.54, 1.807) is 5.57 Å². The van der Waals surface area contributed by atoms with Crippen molar-refractivity contribution in [3.63, 3.8) is 0 Å². The molecule has 3 saturated carbocycles. The van der Waals surface area contributed by atoms with Crippen molar-refractivity contribution < 1.29 is 14.0 Å². The van der Waals surface area contributed by atoms with E-state index in [0.717, 1.165) is 43.6 Å². The van der Waals surface area contributed by atoms with Crippen LogP contribution in [0.3, 0.4) is 0 Å². The van der Waals surface area contributed by atoms with E-state index in [1.165, 1.54) is 56.9 Å². The Balaban J connectivity index is 1.92. The van der Waals surface area contributed by atoms with Crippen molar-refractivity contribution in [1.82, 2.24) is 0 Å². The van der Waals surface area contributed by atoms with Crippen molar-refractivity contribution in [1.29, 1.82) is 0 Å². The lowest BCUT2D eigenvalue weighted by atomic mass is 9.58. The molecule has 0 radical (unpaired) electrons. The van der Waals surface area contributed by atoms with E-state index >= 15 is 0 Å². The topological polar surface area (TPSA) is 38.7 Å². The SMILES string of the molecule is C=C1[C@H](O[Si](C)(C)C(C)(C)C)CC(=C/C=C2\CCC[C@]3(C)[C@@H]([C@H](C)[C@@H](CCCC)CC(O)(CC)CC)CC[C@@H]23)C[C@H]1O[Si](C)(C)C(C)(C)C. The largest absolute Gasteiger partial charge is 0.410 e. The Hall–Kier alpha value is -0.466. The van der Waals surface area contributed by atoms with Gasteiger partial charge in [-0.15, -0.1) is 0 Å². The molecule has 0 aromatic heterocycles. The van der Waals surface area contributed by atoms with Crippen LogP contribution in [-0.2, 0) is 8.85 Å². The third-order valence-corrected chi connectivity index (χ3v) is 24.0. The Morgan fingerprint density at radius 3 is 1.90 bits per heavy atom. The second kappa shape index (κ2) is 16.3. The molecular weight excluding hydrogens is 633 g/mol. The van der Waals surface area contributed by atoms with Gasteiger partial charge >= 0.3 is 0 Å². The van der Waals surface area contributed by atoms with Crippen molar-refractivity contribution in [2.45, 2.75) is 214 Å². The van der Waals surface area contributed by atoms with E-state index in [-0.39, 0.29) is 22.3 Å². The number of hydrogen-bond acceptors (Lipinski definition) is 3. The lowest BCUT2D eigenvalue weighted by Gasteiger charge is -2.47. The molecule has 7 atom stereocenters. The third-order valence-electron chi connectivity index (χ3n) is 15.0. The average Bonchev–Trinajstić information content (AvgIpc) is 3.35. The minimum absolute atomic E-state index is 0.0207. The van der Waals surface area contributed by atoms with Crippen LogP contribution < -0.4 is 0 Å². The fourth-order valence-electron chi connectivity index (χ4n) is 9.21. The van der Waals surface area contributed by atoms with Crippen molar-refractivity contribution in [3.8, 4) is 0 Å². The van der Waals surface area contributed by atoms with E-state index in [4.69, 9.17) is 8.85 Å². The predicted octanol–water partition coefficient (Wildman–Crippen LogP) is 13.6. The normalized spacial score (nSPS) is 29.7. The summed E-state index contributed by atoms with van der Waals surface area (Å²) in [5, 5.41) is 11.7. The van der Waals surface area contributed by atoms with Gasteiger partial charge in [0.25, 0.3) is 0 Å². The first-order valence-corrected chi connectivity index (χ1v) is 26.4. The fraction of sp³-hybridized carbons (Fsp3) is 0.864. The number of unbranched alkanes of at least 4 members (excludes halogenated alkanes) is 1. The van der Waals surface area contributed by atoms with Gasteiger partial charge in [-0.2, -0.15) is 0 Å². The van der Waals surface area contributed by atoms with Gasteiger partial charge in [0, 0.05) is 0 Å². The summed E-state index contributed by atoms with van der Waals surface area (Å²) < 4.78 is 14.3. The quantitative estimate of drug-likeness (QED) is 0.144. The lowest BCUT2D eigenvalue weighted by molar-refractivity contribution is -0.0176. The first-order valence-electron chi connectivity index (χ1n) is 20.6. The Morgan fingerprint density at radius 1 is 0.898 bits per heavy atom. The highest BCUT2D eigenvalue weighted by molar-refractivity contribution is 6.74. The summed E-state index contributed by atoms with van der Waals surface area (Å²) in [5.74, 6) is 2.66. The van der Waals surface area contributed by atoms with Crippen LogP contribution in [-0.4, -0.2) is 39.6 Å². The molecule has 3 aliphatic rings. The first-order chi connectivity index (χ1) is 22.4. The van der Waals surface area contributed by atoms with Crippen LogP contribution in [0.5, 0.6) is 0 Å². The summed E-state index contributed by atoms with van der Waals surface area (Å²) in [7, 11) is -3.98. The third kappa shape index (κ3) is 9.95. The van der Waals surface area contributed by atoms with Crippen LogP contribution in [0, 0.1) is 29.1 Å². The Kier molecular flexibility index (Phi) is 14.3. The van der Waals surface area contributed by atoms with Crippen molar-refractivity contribution >= 4 is 16.6 Å². The van der Waals surface area contributed by atoms with E-state index < -0.39 is 22.2 Å². The molecule has 0 aromatic carbocycles. The van der Waals surface area contributed by atoms with Gasteiger partial charge in [0.05, 0.1) is 17.8 Å². The number of aliphatic hydroxyl groups is 1. The molecule has 3 nitrogen and oxygen atoms in total. The minimum Gasteiger partial charge on any atom is -0.410 e. The molecule has 49 heavy (non-hydrogen) atoms. The summed E-state index contributed by atoms with van der Waals surface area (Å²) in [4.78, 5) is 0. The molecule has 3 rings (SSSR count). The molecule has 1 N–H and O–H groups in total. The summed E-state index contributed by atoms with van der Waals surface area (Å²) in [6.45, 7) is 40.1. The maximum absolute atomic E-state index is 11.4. The number of hydrogen-bond donors (Lipinski definition) is 1. The first kappa shape index (κ1) is 42.9. The molecule has 0 aliphatic heterocycles. The van der Waals surface area contributed by atoms with Gasteiger partial charge in [-0.25, -0.2) is 0 Å². The molecule has 5 heteroatoms. The molecule has 0 bridgehead atoms. The molecule has 3 aliphatic carbocycles. The highest BCUT2D eigenvalue weighted by Crippen LogP contribution is 2.61. The number of rotatable bonds is 14. The van der Waals surface area contributed by atoms with Crippen molar-refractivity contribution in [3.05, 3.63) is 35.5 Å². The highest BCUT2D eigenvalue weighted by Gasteiger charge is 2.52. The fourth-order valence-corrected chi connectivity index (χ4v) is 11.8. The van der Waals surface area contributed by atoms with Crippen molar-refractivity contribution in [2.24, 2.45) is 29.1 Å². The van der Waals surface area contributed by atoms with Crippen molar-refractivity contribution in [2.75, 3.05) is 0 Å². The zero-order valence-electron chi connectivity index (χ0n) is 35.3. The molecule has 0 heterocycles. The second-order valence-corrected chi connectivity index (χ2v) is 29.8. The maximum Gasteiger partial charge on any atom is 0.192 e. The Bertz CT molecular complexity index is 1120. The molecule has 0 aromatic rings. The van der Waals surface area contributed by atoms with Gasteiger partial charge in [0.1, 0.15) is 0 Å². The van der Waals surface area contributed by atoms with Gasteiger partial charge in [-0.05, 0) is 135 Å². The molecule has 284 valence electrons. The zero-order valence-corrected chi connectivity index (χ0v) is 37.3. The van der Waals surface area contributed by atoms with E-state index in [9.17, 15) is 5.11 Å². The summed E-state index contributed by atoms with van der Waals surface area (Å²) in [6.07, 6.45) is 20.0. The second-order valence-electron chi connectivity index (χ2n) is 20.3. The Morgan fingerprint density at radius 2 is 1.43 bits per heavy atom. The van der Waals surface area contributed by atoms with Crippen LogP contribution in [0.1, 0.15) is 160 Å². The molecular formula is C44H82O3Si2. The monoisotopic (exact) mass is 715 g/mol. The van der Waals surface area contributed by atoms with Crippen LogP contribution in [0.25, 0.3) is 0 Å². The smallest absolute Gasteiger partial charge is 0.192 e. The molecule has 0 unspecified atom stereocenters. The van der Waals surface area contributed by atoms with Crippen LogP contribution >= 0.6 is 0 Å². The van der Waals surface area contributed by atoms with E-state index in [2.05, 4.69) is 121 Å². The van der Waals surface area contributed by atoms with Gasteiger partial charge in [-0.3, -0.25) is 0 Å².